The Bertz CT molecular complexity index is 1780. The molecule has 0 fully saturated rings. The second-order valence-electron chi connectivity index (χ2n) is 9.03. The van der Waals surface area contributed by atoms with Crippen molar-refractivity contribution in [2.75, 3.05) is 12.4 Å². The first-order valence-electron chi connectivity index (χ1n) is 12.1. The van der Waals surface area contributed by atoms with E-state index in [4.69, 9.17) is 4.74 Å². The molecule has 0 unspecified atom stereocenters. The quantitative estimate of drug-likeness (QED) is 0.382. The third kappa shape index (κ3) is 4.10. The van der Waals surface area contributed by atoms with Crippen molar-refractivity contribution in [1.82, 2.24) is 13.7 Å². The van der Waals surface area contributed by atoms with Crippen LogP contribution in [0.4, 0.5) is 5.69 Å². The number of aromatic nitrogens is 3. The SMILES string of the molecule is CCc1ccc(NC(=O)Cn2c(=O)n(-c3ccccc3C)c(=O)c3c2c2cc(OC)ccc2n3C)cc1. The van der Waals surface area contributed by atoms with E-state index >= 15 is 0 Å². The van der Waals surface area contributed by atoms with Crippen molar-refractivity contribution in [3.05, 3.63) is 98.7 Å². The van der Waals surface area contributed by atoms with E-state index in [1.807, 2.05) is 49.4 Å². The van der Waals surface area contributed by atoms with Gasteiger partial charge in [-0.3, -0.25) is 14.2 Å². The van der Waals surface area contributed by atoms with E-state index in [0.29, 0.717) is 33.5 Å². The number of carbonyl (C=O) groups excluding carboxylic acids is 1. The van der Waals surface area contributed by atoms with Gasteiger partial charge in [0, 0.05) is 18.1 Å². The molecule has 0 bridgehead atoms. The zero-order chi connectivity index (χ0) is 26.3. The summed E-state index contributed by atoms with van der Waals surface area (Å²) < 4.78 is 9.70. The van der Waals surface area contributed by atoms with Gasteiger partial charge in [-0.15, -0.1) is 0 Å². The molecule has 8 nitrogen and oxygen atoms in total. The van der Waals surface area contributed by atoms with Gasteiger partial charge in [-0.1, -0.05) is 37.3 Å². The summed E-state index contributed by atoms with van der Waals surface area (Å²) >= 11 is 0. The Labute approximate surface area is 213 Å². The molecular formula is C29H28N4O4. The highest BCUT2D eigenvalue weighted by atomic mass is 16.5. The number of nitrogens with zero attached hydrogens (tertiary/aromatic N) is 3. The highest BCUT2D eigenvalue weighted by Crippen LogP contribution is 2.29. The van der Waals surface area contributed by atoms with E-state index in [-0.39, 0.29) is 12.5 Å². The summed E-state index contributed by atoms with van der Waals surface area (Å²) in [6, 6.07) is 20.2. The number of para-hydroxylation sites is 1. The highest BCUT2D eigenvalue weighted by Gasteiger charge is 2.23. The van der Waals surface area contributed by atoms with Crippen LogP contribution in [0.1, 0.15) is 18.1 Å². The van der Waals surface area contributed by atoms with E-state index in [2.05, 4.69) is 12.2 Å². The fourth-order valence-corrected chi connectivity index (χ4v) is 4.80. The topological polar surface area (TPSA) is 87.3 Å². The largest absolute Gasteiger partial charge is 0.497 e. The number of anilines is 1. The summed E-state index contributed by atoms with van der Waals surface area (Å²) in [7, 11) is 3.34. The predicted octanol–water partition coefficient (Wildman–Crippen LogP) is 4.16. The second-order valence-corrected chi connectivity index (χ2v) is 9.03. The van der Waals surface area contributed by atoms with Crippen LogP contribution in [0.3, 0.4) is 0 Å². The van der Waals surface area contributed by atoms with E-state index in [1.54, 1.807) is 43.0 Å². The maximum atomic E-state index is 13.9. The number of benzene rings is 3. The lowest BCUT2D eigenvalue weighted by Crippen LogP contribution is -2.41. The van der Waals surface area contributed by atoms with Crippen LogP contribution in [-0.2, 0) is 24.8 Å². The van der Waals surface area contributed by atoms with Gasteiger partial charge >= 0.3 is 5.69 Å². The lowest BCUT2D eigenvalue weighted by molar-refractivity contribution is -0.116. The summed E-state index contributed by atoms with van der Waals surface area (Å²) in [6.45, 7) is 3.63. The number of hydrogen-bond donors (Lipinski definition) is 1. The molecule has 188 valence electrons. The average molecular weight is 497 g/mol. The molecule has 0 radical (unpaired) electrons. The lowest BCUT2D eigenvalue weighted by atomic mass is 10.1. The fourth-order valence-electron chi connectivity index (χ4n) is 4.80. The Hall–Kier alpha value is -4.59. The molecule has 0 saturated carbocycles. The van der Waals surface area contributed by atoms with Crippen molar-refractivity contribution in [2.24, 2.45) is 7.05 Å². The molecule has 0 atom stereocenters. The van der Waals surface area contributed by atoms with Gasteiger partial charge in [0.2, 0.25) is 5.91 Å². The van der Waals surface area contributed by atoms with Crippen molar-refractivity contribution in [2.45, 2.75) is 26.8 Å². The van der Waals surface area contributed by atoms with E-state index < -0.39 is 11.2 Å². The minimum Gasteiger partial charge on any atom is -0.497 e. The van der Waals surface area contributed by atoms with Gasteiger partial charge in [0.1, 0.15) is 17.8 Å². The van der Waals surface area contributed by atoms with Crippen LogP contribution in [0, 0.1) is 6.92 Å². The number of methoxy groups -OCH3 is 1. The third-order valence-corrected chi connectivity index (χ3v) is 6.78. The number of fused-ring (bicyclic) bond motifs is 3. The molecule has 0 aliphatic heterocycles. The fraction of sp³-hybridized carbons (Fsp3) is 0.207. The number of hydrogen-bond acceptors (Lipinski definition) is 4. The molecule has 8 heteroatoms. The smallest absolute Gasteiger partial charge is 0.336 e. The van der Waals surface area contributed by atoms with Crippen LogP contribution in [0.2, 0.25) is 0 Å². The number of aryl methyl sites for hydroxylation is 3. The summed E-state index contributed by atoms with van der Waals surface area (Å²) in [5.41, 5.74) is 3.49. The van der Waals surface area contributed by atoms with Crippen molar-refractivity contribution in [3.63, 3.8) is 0 Å². The molecule has 1 amide bonds. The van der Waals surface area contributed by atoms with E-state index in [9.17, 15) is 14.4 Å². The Balaban J connectivity index is 1.76. The molecular weight excluding hydrogens is 468 g/mol. The molecule has 5 rings (SSSR count). The summed E-state index contributed by atoms with van der Waals surface area (Å²) in [5, 5.41) is 3.53. The van der Waals surface area contributed by atoms with Gasteiger partial charge in [-0.25, -0.2) is 9.36 Å². The Morgan fingerprint density at radius 3 is 2.38 bits per heavy atom. The molecule has 3 aromatic carbocycles. The first kappa shape index (κ1) is 24.1. The van der Waals surface area contributed by atoms with Gasteiger partial charge in [0.05, 0.1) is 23.8 Å². The normalized spacial score (nSPS) is 11.2. The van der Waals surface area contributed by atoms with Crippen molar-refractivity contribution in [1.29, 1.82) is 0 Å². The zero-order valence-electron chi connectivity index (χ0n) is 21.2. The summed E-state index contributed by atoms with van der Waals surface area (Å²) in [4.78, 5) is 41.0. The van der Waals surface area contributed by atoms with Gasteiger partial charge in [-0.05, 0) is 60.9 Å². The Morgan fingerprint density at radius 1 is 0.973 bits per heavy atom. The molecule has 5 aromatic rings. The van der Waals surface area contributed by atoms with Crippen LogP contribution >= 0.6 is 0 Å². The lowest BCUT2D eigenvalue weighted by Gasteiger charge is -2.15. The van der Waals surface area contributed by atoms with Gasteiger partial charge < -0.3 is 14.6 Å². The molecule has 0 saturated heterocycles. The van der Waals surface area contributed by atoms with Crippen LogP contribution in [0.5, 0.6) is 5.75 Å². The highest BCUT2D eigenvalue weighted by molar-refractivity contribution is 6.07. The van der Waals surface area contributed by atoms with Crippen LogP contribution in [0.15, 0.2) is 76.3 Å². The first-order valence-corrected chi connectivity index (χ1v) is 12.1. The Kier molecular flexibility index (Phi) is 6.17. The molecule has 2 aromatic heterocycles. The maximum absolute atomic E-state index is 13.9. The number of rotatable bonds is 6. The number of amides is 1. The van der Waals surface area contributed by atoms with Crippen molar-refractivity contribution < 1.29 is 9.53 Å². The molecule has 37 heavy (non-hydrogen) atoms. The first-order chi connectivity index (χ1) is 17.8. The third-order valence-electron chi connectivity index (χ3n) is 6.78. The molecule has 0 aliphatic rings. The van der Waals surface area contributed by atoms with Crippen molar-refractivity contribution in [3.8, 4) is 11.4 Å². The zero-order valence-corrected chi connectivity index (χ0v) is 21.2. The minimum absolute atomic E-state index is 0.270. The second kappa shape index (κ2) is 9.46. The molecule has 0 spiro atoms. The van der Waals surface area contributed by atoms with Crippen molar-refractivity contribution >= 4 is 33.5 Å². The Morgan fingerprint density at radius 2 is 1.70 bits per heavy atom. The maximum Gasteiger partial charge on any atom is 0.336 e. The molecule has 0 aliphatic carbocycles. The van der Waals surface area contributed by atoms with E-state index in [0.717, 1.165) is 27.6 Å². The molecule has 1 N–H and O–H groups in total. The summed E-state index contributed by atoms with van der Waals surface area (Å²) in [5.74, 6) is 0.213. The number of carbonyl (C=O) groups is 1. The van der Waals surface area contributed by atoms with Crippen LogP contribution in [-0.4, -0.2) is 26.7 Å². The van der Waals surface area contributed by atoms with E-state index in [1.165, 1.54) is 4.57 Å². The van der Waals surface area contributed by atoms with Crippen LogP contribution in [0.25, 0.3) is 27.6 Å². The van der Waals surface area contributed by atoms with Crippen LogP contribution < -0.4 is 21.3 Å². The minimum atomic E-state index is -0.585. The summed E-state index contributed by atoms with van der Waals surface area (Å²) in [6.07, 6.45) is 0.895. The van der Waals surface area contributed by atoms with Gasteiger partial charge in [0.15, 0.2) is 0 Å². The number of nitrogens with one attached hydrogen (secondary N) is 1. The van der Waals surface area contributed by atoms with Gasteiger partial charge in [0.25, 0.3) is 5.56 Å². The molecule has 2 heterocycles. The van der Waals surface area contributed by atoms with Gasteiger partial charge in [-0.2, -0.15) is 0 Å². The monoisotopic (exact) mass is 496 g/mol. The predicted molar refractivity (Wildman–Crippen MR) is 146 cm³/mol. The number of ether oxygens (including phenoxy) is 1. The average Bonchev–Trinajstić information content (AvgIpc) is 3.19. The standard InChI is InChI=1S/C29H28N4O4/c1-5-19-10-12-20(13-11-19)30-25(34)17-32-26-22-16-21(37-4)14-15-24(22)31(3)27(26)28(35)33(29(32)36)23-9-7-6-8-18(23)2/h6-16H,5,17H2,1-4H3,(H,30,34).